The predicted octanol–water partition coefficient (Wildman–Crippen LogP) is -0.00200. The summed E-state index contributed by atoms with van der Waals surface area (Å²) in [6, 6.07) is 0. The van der Waals surface area contributed by atoms with E-state index in [2.05, 4.69) is 24.2 Å². The van der Waals surface area contributed by atoms with E-state index in [9.17, 15) is 8.42 Å². The van der Waals surface area contributed by atoms with Crippen LogP contribution in [0.5, 0.6) is 0 Å². The van der Waals surface area contributed by atoms with E-state index in [1.165, 1.54) is 6.26 Å². The Morgan fingerprint density at radius 3 is 2.61 bits per heavy atom. The van der Waals surface area contributed by atoms with Crippen molar-refractivity contribution in [2.24, 2.45) is 16.6 Å². The Kier molecular flexibility index (Phi) is 8.74. The molecule has 0 aliphatic rings. The van der Waals surface area contributed by atoms with E-state index >= 15 is 0 Å². The molecule has 0 saturated heterocycles. The Morgan fingerprint density at radius 2 is 2.06 bits per heavy atom. The van der Waals surface area contributed by atoms with Crippen molar-refractivity contribution in [3.05, 3.63) is 0 Å². The summed E-state index contributed by atoms with van der Waals surface area (Å²) in [6.07, 6.45) is 2.20. The summed E-state index contributed by atoms with van der Waals surface area (Å²) in [5.41, 5.74) is 5.63. The molecule has 0 aliphatic heterocycles. The van der Waals surface area contributed by atoms with Crippen molar-refractivity contribution in [3.8, 4) is 0 Å². The highest BCUT2D eigenvalue weighted by Gasteiger charge is 2.01. The maximum absolute atomic E-state index is 10.8. The number of guanidine groups is 1. The van der Waals surface area contributed by atoms with E-state index < -0.39 is 9.84 Å². The minimum Gasteiger partial charge on any atom is -0.379 e. The molecule has 0 aromatic heterocycles. The van der Waals surface area contributed by atoms with E-state index in [0.29, 0.717) is 31.6 Å². The molecule has 0 amide bonds. The van der Waals surface area contributed by atoms with Gasteiger partial charge in [-0.15, -0.1) is 0 Å². The van der Waals surface area contributed by atoms with Gasteiger partial charge in [-0.05, 0) is 12.3 Å². The van der Waals surface area contributed by atoms with Crippen molar-refractivity contribution >= 4 is 15.8 Å². The lowest BCUT2D eigenvalue weighted by Crippen LogP contribution is -2.34. The van der Waals surface area contributed by atoms with Gasteiger partial charge in [-0.25, -0.2) is 8.42 Å². The number of nitrogens with two attached hydrogens (primary N) is 1. The third-order valence-electron chi connectivity index (χ3n) is 2.14. The first kappa shape index (κ1) is 17.2. The highest BCUT2D eigenvalue weighted by Crippen LogP contribution is 1.97. The van der Waals surface area contributed by atoms with Crippen LogP contribution in [0.25, 0.3) is 0 Å². The number of hydrogen-bond acceptors (Lipinski definition) is 4. The van der Waals surface area contributed by atoms with Gasteiger partial charge in [-0.3, -0.25) is 4.99 Å². The van der Waals surface area contributed by atoms with Gasteiger partial charge < -0.3 is 15.8 Å². The van der Waals surface area contributed by atoms with Crippen LogP contribution in [0.1, 0.15) is 20.3 Å². The highest BCUT2D eigenvalue weighted by atomic mass is 32.2. The molecule has 0 fully saturated rings. The lowest BCUT2D eigenvalue weighted by molar-refractivity contribution is 0.154. The molecule has 108 valence electrons. The Labute approximate surface area is 110 Å². The van der Waals surface area contributed by atoms with Gasteiger partial charge in [0.25, 0.3) is 0 Å². The molecule has 6 nitrogen and oxygen atoms in total. The highest BCUT2D eigenvalue weighted by molar-refractivity contribution is 7.90. The van der Waals surface area contributed by atoms with Crippen molar-refractivity contribution in [3.63, 3.8) is 0 Å². The summed E-state index contributed by atoms with van der Waals surface area (Å²) in [7, 11) is -2.94. The van der Waals surface area contributed by atoms with Crippen molar-refractivity contribution < 1.29 is 13.2 Å². The third-order valence-corrected chi connectivity index (χ3v) is 3.05. The third kappa shape index (κ3) is 13.2. The van der Waals surface area contributed by atoms with Gasteiger partial charge >= 0.3 is 0 Å². The minimum atomic E-state index is -2.94. The van der Waals surface area contributed by atoms with Crippen molar-refractivity contribution in [1.82, 2.24) is 5.32 Å². The maximum atomic E-state index is 10.8. The zero-order valence-corrected chi connectivity index (χ0v) is 12.3. The van der Waals surface area contributed by atoms with Crippen LogP contribution in [0.4, 0.5) is 0 Å². The number of rotatable bonds is 9. The number of hydrogen-bond donors (Lipinski definition) is 2. The van der Waals surface area contributed by atoms with Gasteiger partial charge in [0.2, 0.25) is 0 Å². The van der Waals surface area contributed by atoms with E-state index in [1.54, 1.807) is 0 Å². The van der Waals surface area contributed by atoms with E-state index in [4.69, 9.17) is 10.5 Å². The second-order valence-electron chi connectivity index (χ2n) is 4.62. The summed E-state index contributed by atoms with van der Waals surface area (Å²) >= 11 is 0. The fourth-order valence-electron chi connectivity index (χ4n) is 1.06. The molecular weight excluding hydrogens is 254 g/mol. The smallest absolute Gasteiger partial charge is 0.188 e. The molecule has 0 saturated carbocycles. The average Bonchev–Trinajstić information content (AvgIpc) is 2.21. The molecule has 0 radical (unpaired) electrons. The molecule has 0 spiro atoms. The fourth-order valence-corrected chi connectivity index (χ4v) is 1.48. The van der Waals surface area contributed by atoms with Gasteiger partial charge in [0.05, 0.1) is 19.0 Å². The first-order valence-corrected chi connectivity index (χ1v) is 8.16. The lowest BCUT2D eigenvalue weighted by atomic mass is 10.1. The van der Waals surface area contributed by atoms with E-state index in [1.807, 2.05) is 0 Å². The number of sulfone groups is 1. The zero-order valence-electron chi connectivity index (χ0n) is 11.5. The van der Waals surface area contributed by atoms with Gasteiger partial charge in [-0.2, -0.15) is 0 Å². The molecule has 0 unspecified atom stereocenters. The average molecular weight is 279 g/mol. The molecular formula is C11H25N3O3S. The Balaban J connectivity index is 3.48. The van der Waals surface area contributed by atoms with Crippen LogP contribution in [0.2, 0.25) is 0 Å². The van der Waals surface area contributed by atoms with Crippen LogP contribution in [-0.2, 0) is 14.6 Å². The minimum absolute atomic E-state index is 0.0466. The molecule has 0 rings (SSSR count). The lowest BCUT2D eigenvalue weighted by Gasteiger charge is -2.07. The topological polar surface area (TPSA) is 93.8 Å². The van der Waals surface area contributed by atoms with E-state index in [-0.39, 0.29) is 12.4 Å². The number of aliphatic imine (C=N–C) groups is 1. The molecule has 7 heteroatoms. The second kappa shape index (κ2) is 9.16. The van der Waals surface area contributed by atoms with Crippen molar-refractivity contribution in [2.75, 3.05) is 38.3 Å². The monoisotopic (exact) mass is 279 g/mol. The molecule has 0 atom stereocenters. The molecule has 0 aromatic carbocycles. The Morgan fingerprint density at radius 1 is 1.39 bits per heavy atom. The number of nitrogens with zero attached hydrogens (tertiary/aromatic N) is 1. The quantitative estimate of drug-likeness (QED) is 0.352. The van der Waals surface area contributed by atoms with Crippen molar-refractivity contribution in [1.29, 1.82) is 0 Å². The summed E-state index contributed by atoms with van der Waals surface area (Å²) in [5, 5.41) is 2.91. The van der Waals surface area contributed by atoms with Gasteiger partial charge in [0.15, 0.2) is 5.96 Å². The van der Waals surface area contributed by atoms with Crippen LogP contribution in [0, 0.1) is 5.92 Å². The van der Waals surface area contributed by atoms with Gasteiger partial charge in [-0.1, -0.05) is 13.8 Å². The van der Waals surface area contributed by atoms with E-state index in [0.717, 1.165) is 6.42 Å². The van der Waals surface area contributed by atoms with Gasteiger partial charge in [0, 0.05) is 19.3 Å². The Bertz CT molecular complexity index is 339. The fraction of sp³-hybridized carbons (Fsp3) is 0.909. The summed E-state index contributed by atoms with van der Waals surface area (Å²) < 4.78 is 26.8. The summed E-state index contributed by atoms with van der Waals surface area (Å²) in [4.78, 5) is 4.15. The maximum Gasteiger partial charge on any atom is 0.188 e. The molecule has 3 N–H and O–H groups in total. The molecule has 0 aromatic rings. The largest absolute Gasteiger partial charge is 0.379 e. The molecule has 0 aliphatic carbocycles. The van der Waals surface area contributed by atoms with Gasteiger partial charge in [0.1, 0.15) is 9.84 Å². The number of ether oxygens (including phenoxy) is 1. The van der Waals surface area contributed by atoms with Crippen molar-refractivity contribution in [2.45, 2.75) is 20.3 Å². The first-order chi connectivity index (χ1) is 8.31. The number of nitrogens with one attached hydrogen (secondary N) is 1. The zero-order chi connectivity index (χ0) is 14.0. The van der Waals surface area contributed by atoms with Crippen LogP contribution in [-0.4, -0.2) is 52.7 Å². The molecule has 0 bridgehead atoms. The molecule has 0 heterocycles. The Hall–Kier alpha value is -0.820. The SMILES string of the molecule is CC(C)CCN=C(N)NCCOCCS(C)(=O)=O. The van der Waals surface area contributed by atoms with Crippen LogP contribution < -0.4 is 11.1 Å². The standard InChI is InChI=1S/C11H25N3O3S/c1-10(2)4-5-13-11(12)14-6-7-17-8-9-18(3,15)16/h10H,4-9H2,1-3H3,(H3,12,13,14). The predicted molar refractivity (Wildman–Crippen MR) is 74.5 cm³/mol. The second-order valence-corrected chi connectivity index (χ2v) is 6.88. The molecule has 18 heavy (non-hydrogen) atoms. The summed E-state index contributed by atoms with van der Waals surface area (Å²) in [5.74, 6) is 1.06. The first-order valence-electron chi connectivity index (χ1n) is 6.10. The van der Waals surface area contributed by atoms with Crippen LogP contribution >= 0.6 is 0 Å². The van der Waals surface area contributed by atoms with Crippen LogP contribution in [0.15, 0.2) is 4.99 Å². The normalized spacial score (nSPS) is 13.0. The van der Waals surface area contributed by atoms with Crippen LogP contribution in [0.3, 0.4) is 0 Å². The summed E-state index contributed by atoms with van der Waals surface area (Å²) in [6.45, 7) is 6.14.